The SMILES string of the molecule is CCC(=O)OC(C)(C)c1ncc(-c2cc(-c3ccccn3)c3sc(C)nc3c2)cn1. The number of rotatable bonds is 5. The van der Waals surface area contributed by atoms with E-state index in [0.29, 0.717) is 12.2 Å². The maximum Gasteiger partial charge on any atom is 0.306 e. The number of aromatic nitrogens is 4. The first-order valence-electron chi connectivity index (χ1n) is 9.74. The predicted molar refractivity (Wildman–Crippen MR) is 118 cm³/mol. The summed E-state index contributed by atoms with van der Waals surface area (Å²) in [6.07, 6.45) is 5.61. The molecule has 0 saturated heterocycles. The van der Waals surface area contributed by atoms with Crippen LogP contribution in [0.4, 0.5) is 0 Å². The van der Waals surface area contributed by atoms with Gasteiger partial charge in [-0.1, -0.05) is 13.0 Å². The van der Waals surface area contributed by atoms with Crippen molar-refractivity contribution in [1.29, 1.82) is 0 Å². The van der Waals surface area contributed by atoms with Crippen molar-refractivity contribution in [1.82, 2.24) is 19.9 Å². The highest BCUT2D eigenvalue weighted by Crippen LogP contribution is 2.36. The van der Waals surface area contributed by atoms with E-state index in [4.69, 9.17) is 4.74 Å². The fraction of sp³-hybridized carbons (Fsp3) is 0.261. The van der Waals surface area contributed by atoms with Crippen LogP contribution in [0.5, 0.6) is 0 Å². The van der Waals surface area contributed by atoms with Crippen molar-refractivity contribution in [3.63, 3.8) is 0 Å². The minimum absolute atomic E-state index is 0.281. The quantitative estimate of drug-likeness (QED) is 0.409. The van der Waals surface area contributed by atoms with Gasteiger partial charge in [-0.05, 0) is 50.6 Å². The van der Waals surface area contributed by atoms with E-state index in [1.54, 1.807) is 50.7 Å². The fourth-order valence-corrected chi connectivity index (χ4v) is 4.14. The lowest BCUT2D eigenvalue weighted by Crippen LogP contribution is -2.27. The first-order chi connectivity index (χ1) is 14.4. The van der Waals surface area contributed by atoms with Gasteiger partial charge >= 0.3 is 5.97 Å². The number of hydrogen-bond acceptors (Lipinski definition) is 7. The Kier molecular flexibility index (Phi) is 5.30. The summed E-state index contributed by atoms with van der Waals surface area (Å²) in [5.74, 6) is 0.181. The van der Waals surface area contributed by atoms with E-state index in [0.717, 1.165) is 37.6 Å². The molecular formula is C23H22N4O2S. The van der Waals surface area contributed by atoms with Crippen LogP contribution in [0.25, 0.3) is 32.6 Å². The van der Waals surface area contributed by atoms with Crippen LogP contribution in [0.3, 0.4) is 0 Å². The molecule has 4 rings (SSSR count). The molecule has 0 unspecified atom stereocenters. The van der Waals surface area contributed by atoms with Gasteiger partial charge in [0.05, 0.1) is 20.9 Å². The molecule has 0 bridgehead atoms. The number of nitrogens with zero attached hydrogens (tertiary/aromatic N) is 4. The number of aryl methyl sites for hydroxylation is 1. The molecule has 1 aromatic carbocycles. The lowest BCUT2D eigenvalue weighted by Gasteiger charge is -2.23. The number of thiazole rings is 1. The Morgan fingerprint density at radius 3 is 2.53 bits per heavy atom. The van der Waals surface area contributed by atoms with Crippen LogP contribution in [0.2, 0.25) is 0 Å². The Labute approximate surface area is 179 Å². The summed E-state index contributed by atoms with van der Waals surface area (Å²) in [7, 11) is 0. The largest absolute Gasteiger partial charge is 0.451 e. The molecule has 0 atom stereocenters. The highest BCUT2D eigenvalue weighted by atomic mass is 32.1. The van der Waals surface area contributed by atoms with Gasteiger partial charge in [0.15, 0.2) is 11.4 Å². The minimum Gasteiger partial charge on any atom is -0.451 e. The van der Waals surface area contributed by atoms with E-state index < -0.39 is 5.60 Å². The molecule has 0 N–H and O–H groups in total. The van der Waals surface area contributed by atoms with Crippen LogP contribution in [-0.4, -0.2) is 25.9 Å². The minimum atomic E-state index is -0.888. The second kappa shape index (κ2) is 7.91. The molecule has 0 radical (unpaired) electrons. The van der Waals surface area contributed by atoms with Gasteiger partial charge in [-0.3, -0.25) is 9.78 Å². The molecule has 0 amide bonds. The molecule has 152 valence electrons. The summed E-state index contributed by atoms with van der Waals surface area (Å²) in [6.45, 7) is 7.35. The van der Waals surface area contributed by atoms with E-state index in [-0.39, 0.29) is 5.97 Å². The second-order valence-corrected chi connectivity index (χ2v) is 8.66. The van der Waals surface area contributed by atoms with Crippen molar-refractivity contribution in [2.75, 3.05) is 0 Å². The van der Waals surface area contributed by atoms with Crippen LogP contribution < -0.4 is 0 Å². The predicted octanol–water partition coefficient (Wildman–Crippen LogP) is 5.31. The Hall–Kier alpha value is -3.19. The zero-order valence-corrected chi connectivity index (χ0v) is 18.2. The van der Waals surface area contributed by atoms with Gasteiger partial charge in [0.2, 0.25) is 0 Å². The van der Waals surface area contributed by atoms with Crippen LogP contribution in [0.15, 0.2) is 48.9 Å². The normalized spacial score (nSPS) is 11.6. The maximum atomic E-state index is 11.7. The standard InChI is InChI=1S/C23H22N4O2S/c1-5-20(28)29-23(3,4)22-25-12-16(13-26-22)15-10-17(18-8-6-7-9-24-18)21-19(11-15)27-14(2)30-21/h6-13H,5H2,1-4H3. The number of carbonyl (C=O) groups is 1. The molecular weight excluding hydrogens is 396 g/mol. The number of benzene rings is 1. The fourth-order valence-electron chi connectivity index (χ4n) is 3.21. The monoisotopic (exact) mass is 418 g/mol. The number of esters is 1. The van der Waals surface area contributed by atoms with E-state index in [9.17, 15) is 4.79 Å². The molecule has 0 spiro atoms. The van der Waals surface area contributed by atoms with Crippen molar-refractivity contribution < 1.29 is 9.53 Å². The summed E-state index contributed by atoms with van der Waals surface area (Å²) >= 11 is 1.66. The third-order valence-corrected chi connectivity index (χ3v) is 5.74. The molecule has 30 heavy (non-hydrogen) atoms. The summed E-state index contributed by atoms with van der Waals surface area (Å²) < 4.78 is 6.59. The molecule has 3 heterocycles. The molecule has 0 aliphatic heterocycles. The molecule has 7 heteroatoms. The van der Waals surface area contributed by atoms with Gasteiger partial charge in [0, 0.05) is 36.1 Å². The zero-order chi connectivity index (χ0) is 21.3. The Balaban J connectivity index is 1.76. The second-order valence-electron chi connectivity index (χ2n) is 7.45. The zero-order valence-electron chi connectivity index (χ0n) is 17.3. The highest BCUT2D eigenvalue weighted by Gasteiger charge is 2.28. The molecule has 0 aliphatic rings. The maximum absolute atomic E-state index is 11.7. The lowest BCUT2D eigenvalue weighted by molar-refractivity contribution is -0.157. The molecule has 4 aromatic rings. The smallest absolute Gasteiger partial charge is 0.306 e. The van der Waals surface area contributed by atoms with Gasteiger partial charge in [-0.25, -0.2) is 15.0 Å². The summed E-state index contributed by atoms with van der Waals surface area (Å²) in [4.78, 5) is 29.9. The molecule has 0 aliphatic carbocycles. The van der Waals surface area contributed by atoms with Crippen LogP contribution in [0.1, 0.15) is 38.0 Å². The highest BCUT2D eigenvalue weighted by molar-refractivity contribution is 7.19. The third-order valence-electron chi connectivity index (χ3n) is 4.72. The summed E-state index contributed by atoms with van der Waals surface area (Å²) in [5, 5.41) is 1.01. The Morgan fingerprint density at radius 2 is 1.87 bits per heavy atom. The van der Waals surface area contributed by atoms with Crippen LogP contribution in [-0.2, 0) is 15.1 Å². The Morgan fingerprint density at radius 1 is 1.10 bits per heavy atom. The van der Waals surface area contributed by atoms with Crippen molar-refractivity contribution in [2.45, 2.75) is 39.7 Å². The van der Waals surface area contributed by atoms with E-state index >= 15 is 0 Å². The number of carbonyl (C=O) groups excluding carboxylic acids is 1. The molecule has 6 nitrogen and oxygen atoms in total. The number of pyridine rings is 1. The van der Waals surface area contributed by atoms with Crippen LogP contribution in [0, 0.1) is 6.92 Å². The topological polar surface area (TPSA) is 77.9 Å². The van der Waals surface area contributed by atoms with Gasteiger partial charge in [0.25, 0.3) is 0 Å². The first-order valence-corrected chi connectivity index (χ1v) is 10.6. The molecule has 0 fully saturated rings. The van der Waals surface area contributed by atoms with Gasteiger partial charge in [-0.2, -0.15) is 0 Å². The Bertz CT molecular complexity index is 1200. The van der Waals surface area contributed by atoms with E-state index in [1.165, 1.54) is 0 Å². The van der Waals surface area contributed by atoms with Crippen LogP contribution >= 0.6 is 11.3 Å². The van der Waals surface area contributed by atoms with Gasteiger partial charge in [-0.15, -0.1) is 11.3 Å². The van der Waals surface area contributed by atoms with Crippen molar-refractivity contribution >= 4 is 27.5 Å². The third kappa shape index (κ3) is 3.93. The first kappa shape index (κ1) is 20.1. The lowest BCUT2D eigenvalue weighted by atomic mass is 10.0. The molecule has 0 saturated carbocycles. The van der Waals surface area contributed by atoms with E-state index in [2.05, 4.69) is 26.0 Å². The number of ether oxygens (including phenoxy) is 1. The van der Waals surface area contributed by atoms with Gasteiger partial charge < -0.3 is 4.74 Å². The number of hydrogen-bond donors (Lipinski definition) is 0. The number of fused-ring (bicyclic) bond motifs is 1. The van der Waals surface area contributed by atoms with E-state index in [1.807, 2.05) is 31.2 Å². The summed E-state index contributed by atoms with van der Waals surface area (Å²) in [5.41, 5.74) is 3.80. The molecule has 3 aromatic heterocycles. The average Bonchev–Trinajstić information content (AvgIpc) is 3.13. The van der Waals surface area contributed by atoms with Crippen molar-refractivity contribution in [3.8, 4) is 22.4 Å². The van der Waals surface area contributed by atoms with Crippen molar-refractivity contribution in [3.05, 3.63) is 59.8 Å². The average molecular weight is 419 g/mol. The summed E-state index contributed by atoms with van der Waals surface area (Å²) in [6, 6.07) is 10.0. The van der Waals surface area contributed by atoms with Gasteiger partial charge in [0.1, 0.15) is 0 Å². The van der Waals surface area contributed by atoms with Crippen molar-refractivity contribution in [2.24, 2.45) is 0 Å².